The second-order valence-electron chi connectivity index (χ2n) is 3.03. The molecular weight excluding hydrogens is 255 g/mol. The molecule has 0 aliphatic rings. The Hall–Kier alpha value is -0.750. The maximum atomic E-state index is 11.6. The molecule has 0 unspecified atom stereocenters. The molecule has 4 nitrogen and oxygen atoms in total. The van der Waals surface area contributed by atoms with E-state index in [-0.39, 0.29) is 19.3 Å². The topological polar surface area (TPSA) is 63.6 Å². The molecule has 0 rings (SSSR count). The summed E-state index contributed by atoms with van der Waals surface area (Å²) in [6.45, 7) is -0.648. The van der Waals surface area contributed by atoms with E-state index in [2.05, 4.69) is 4.52 Å². The third-order valence-electron chi connectivity index (χ3n) is 1.50. The van der Waals surface area contributed by atoms with Gasteiger partial charge in [0.25, 0.3) is 0 Å². The van der Waals surface area contributed by atoms with Gasteiger partial charge in [0.2, 0.25) is 0 Å². The summed E-state index contributed by atoms with van der Waals surface area (Å²) in [4.78, 5) is 21.0. The van der Waals surface area contributed by atoms with Crippen molar-refractivity contribution in [3.63, 3.8) is 0 Å². The maximum absolute atomic E-state index is 11.6. The zero-order chi connectivity index (χ0) is 12.8. The molecule has 0 spiro atoms. The van der Waals surface area contributed by atoms with Crippen molar-refractivity contribution in [2.45, 2.75) is 25.7 Å². The molecule has 0 amide bonds. The van der Waals surface area contributed by atoms with E-state index in [1.807, 2.05) is 0 Å². The number of hydrogen-bond acceptors (Lipinski definition) is 4. The third kappa shape index (κ3) is 9.79. The van der Waals surface area contributed by atoms with E-state index in [0.29, 0.717) is 0 Å². The van der Waals surface area contributed by atoms with Gasteiger partial charge in [0.1, 0.15) is 0 Å². The number of rotatable bonds is 7. The van der Waals surface area contributed by atoms with Crippen molar-refractivity contribution in [3.8, 4) is 0 Å². The fraction of sp³-hybridized carbons (Fsp3) is 0.714. The van der Waals surface area contributed by atoms with E-state index < -0.39 is 32.9 Å². The molecule has 9 heteroatoms. The summed E-state index contributed by atoms with van der Waals surface area (Å²) in [5.74, 6) is -2.16. The molecule has 0 atom stereocenters. The van der Waals surface area contributed by atoms with Crippen molar-refractivity contribution in [1.29, 1.82) is 0 Å². The van der Waals surface area contributed by atoms with E-state index in [9.17, 15) is 26.4 Å². The van der Waals surface area contributed by atoms with Crippen LogP contribution < -0.4 is 0 Å². The Kier molecular flexibility index (Phi) is 5.28. The minimum atomic E-state index is -8.22. The molecule has 0 saturated heterocycles. The van der Waals surface area contributed by atoms with Gasteiger partial charge in [-0.25, -0.2) is 0 Å². The number of unbranched alkanes of at least 4 members (excludes halogenated alkanes) is 1. The summed E-state index contributed by atoms with van der Waals surface area (Å²) in [5, 5.41) is 8.30. The van der Waals surface area contributed by atoms with Crippen molar-refractivity contribution < 1.29 is 36.0 Å². The molecule has 0 heterocycles. The van der Waals surface area contributed by atoms with Gasteiger partial charge in [-0.05, 0) is 0 Å². The normalized spacial score (nSPS) is 13.9. The van der Waals surface area contributed by atoms with Crippen LogP contribution in [0.25, 0.3) is 0 Å². The zero-order valence-corrected chi connectivity index (χ0v) is 9.06. The van der Waals surface area contributed by atoms with Crippen molar-refractivity contribution in [3.05, 3.63) is 0 Å². The van der Waals surface area contributed by atoms with E-state index in [4.69, 9.17) is 5.11 Å². The molecule has 0 aliphatic heterocycles. The number of ketones is 1. The van der Waals surface area contributed by atoms with E-state index >= 15 is 0 Å². The molecule has 1 N–H and O–H groups in total. The van der Waals surface area contributed by atoms with Gasteiger partial charge in [-0.15, -0.1) is 0 Å². The molecule has 0 aromatic rings. The number of aliphatic hydroxyl groups is 1. The van der Waals surface area contributed by atoms with Crippen LogP contribution in [0.4, 0.5) is 16.8 Å². The first-order valence-electron chi connectivity index (χ1n) is 4.35. The van der Waals surface area contributed by atoms with Gasteiger partial charge in [-0.1, -0.05) is 0 Å². The Bertz CT molecular complexity index is 266. The number of Topliss-reactive ketones (excluding diaryl/α,β-unsaturated/α-hetero) is 1. The second kappa shape index (κ2) is 5.54. The minimum absolute atomic E-state index is 0.0307. The monoisotopic (exact) mass is 266 g/mol. The Balaban J connectivity index is 3.72. The SMILES string of the molecule is O=C(CO)CCCCC(=O)OP(F)(F)(F)F. The first-order valence-corrected chi connectivity index (χ1v) is 6.07. The number of aliphatic hydroxyl groups excluding tert-OH is 1. The van der Waals surface area contributed by atoms with Gasteiger partial charge in [0, 0.05) is 0 Å². The standard InChI is InChI=1S/C7H11F4O4P/c8-16(9,10,11)15-7(14)4-2-1-3-6(13)5-12/h12H,1-5H2. The van der Waals surface area contributed by atoms with Crippen LogP contribution in [-0.4, -0.2) is 23.5 Å². The van der Waals surface area contributed by atoms with Crippen LogP contribution in [0.3, 0.4) is 0 Å². The summed E-state index contributed by atoms with van der Waals surface area (Å²) in [6, 6.07) is 0. The summed E-state index contributed by atoms with van der Waals surface area (Å²) in [7, 11) is -8.22. The number of carbonyl (C=O) groups excluding carboxylic acids is 2. The number of carbonyl (C=O) groups is 2. The molecule has 0 radical (unpaired) electrons. The molecule has 0 aliphatic carbocycles. The summed E-state index contributed by atoms with van der Waals surface area (Å²) in [5.41, 5.74) is 0. The van der Waals surface area contributed by atoms with Gasteiger partial charge in [-0.3, -0.25) is 0 Å². The third-order valence-corrected chi connectivity index (χ3v) is 1.98. The summed E-state index contributed by atoms with van der Waals surface area (Å²) < 4.78 is 49.2. The predicted molar refractivity (Wildman–Crippen MR) is 48.0 cm³/mol. The fourth-order valence-electron chi connectivity index (χ4n) is 0.870. The van der Waals surface area contributed by atoms with Crippen LogP contribution in [0.1, 0.15) is 25.7 Å². The summed E-state index contributed by atoms with van der Waals surface area (Å²) >= 11 is 0. The van der Waals surface area contributed by atoms with Crippen molar-refractivity contribution in [2.24, 2.45) is 0 Å². The number of hydrogen-bond donors (Lipinski definition) is 1. The van der Waals surface area contributed by atoms with Crippen LogP contribution in [0.15, 0.2) is 0 Å². The molecule has 0 bridgehead atoms. The van der Waals surface area contributed by atoms with E-state index in [0.717, 1.165) is 0 Å². The predicted octanol–water partition coefficient (Wildman–Crippen LogP) is 2.66. The van der Waals surface area contributed by atoms with E-state index in [1.54, 1.807) is 0 Å². The van der Waals surface area contributed by atoms with Crippen LogP contribution in [0.5, 0.6) is 0 Å². The molecule has 16 heavy (non-hydrogen) atoms. The van der Waals surface area contributed by atoms with Crippen LogP contribution in [-0.2, 0) is 14.1 Å². The summed E-state index contributed by atoms with van der Waals surface area (Å²) in [6.07, 6.45) is -0.541. The Morgan fingerprint density at radius 3 is 2.00 bits per heavy atom. The average molecular weight is 266 g/mol. The number of halogens is 4. The quantitative estimate of drug-likeness (QED) is 0.437. The van der Waals surface area contributed by atoms with Gasteiger partial charge in [0.15, 0.2) is 0 Å². The Morgan fingerprint density at radius 1 is 1.06 bits per heavy atom. The Labute approximate surface area is 89.1 Å². The zero-order valence-electron chi connectivity index (χ0n) is 8.17. The van der Waals surface area contributed by atoms with Gasteiger partial charge < -0.3 is 0 Å². The fourth-order valence-corrected chi connectivity index (χ4v) is 1.27. The van der Waals surface area contributed by atoms with Crippen LogP contribution in [0.2, 0.25) is 0 Å². The van der Waals surface area contributed by atoms with Crippen molar-refractivity contribution >= 4 is 19.8 Å². The van der Waals surface area contributed by atoms with Crippen molar-refractivity contribution in [1.82, 2.24) is 0 Å². The van der Waals surface area contributed by atoms with Gasteiger partial charge >= 0.3 is 88.1 Å². The van der Waals surface area contributed by atoms with Gasteiger partial charge in [0.05, 0.1) is 0 Å². The molecule has 96 valence electrons. The van der Waals surface area contributed by atoms with Crippen molar-refractivity contribution in [2.75, 3.05) is 6.61 Å². The molecule has 0 fully saturated rings. The van der Waals surface area contributed by atoms with E-state index in [1.165, 1.54) is 0 Å². The average Bonchev–Trinajstić information content (AvgIpc) is 2.07. The van der Waals surface area contributed by atoms with Gasteiger partial charge in [-0.2, -0.15) is 0 Å². The molecule has 0 aromatic heterocycles. The first-order chi connectivity index (χ1) is 7.10. The van der Waals surface area contributed by atoms with Crippen LogP contribution in [0, 0.1) is 0 Å². The molecule has 0 aromatic carbocycles. The van der Waals surface area contributed by atoms with Crippen LogP contribution >= 0.6 is 8.07 Å². The Morgan fingerprint density at radius 2 is 1.56 bits per heavy atom. The second-order valence-corrected chi connectivity index (χ2v) is 4.53. The first kappa shape index (κ1) is 15.2. The molecule has 0 saturated carbocycles. The molecular formula is C7H11F4O4P.